The van der Waals surface area contributed by atoms with Gasteiger partial charge in [-0.25, -0.2) is 0 Å². The Labute approximate surface area is 137 Å². The van der Waals surface area contributed by atoms with E-state index in [4.69, 9.17) is 5.11 Å². The molecule has 0 saturated carbocycles. The molecule has 0 fully saturated rings. The summed E-state index contributed by atoms with van der Waals surface area (Å²) in [5, 5.41) is 19.0. The number of aliphatic hydroxyl groups excluding tert-OH is 1. The van der Waals surface area contributed by atoms with Crippen LogP contribution in [0.2, 0.25) is 0 Å². The smallest absolute Gasteiger partial charge is 0.309 e. The van der Waals surface area contributed by atoms with Crippen molar-refractivity contribution in [3.63, 3.8) is 0 Å². The number of unbranched alkanes of at least 4 members (excludes halogenated alkanes) is 4. The molecule has 0 amide bonds. The molecule has 0 spiro atoms. The summed E-state index contributed by atoms with van der Waals surface area (Å²) in [6.07, 6.45) is 10.1. The molecule has 0 aliphatic heterocycles. The second kappa shape index (κ2) is 10.3. The largest absolute Gasteiger partial charge is 0.481 e. The van der Waals surface area contributed by atoms with E-state index in [-0.39, 0.29) is 6.10 Å². The lowest BCUT2D eigenvalue weighted by atomic mass is 9.87. The highest BCUT2D eigenvalue weighted by Gasteiger charge is 2.25. The molecular weight excluding hydrogens is 276 g/mol. The van der Waals surface area contributed by atoms with Crippen LogP contribution < -0.4 is 0 Å². The average Bonchev–Trinajstić information content (AvgIpc) is 2.36. The molecule has 0 saturated heterocycles. The first-order valence-electron chi connectivity index (χ1n) is 8.96. The lowest BCUT2D eigenvalue weighted by molar-refractivity contribution is -0.147. The predicted molar refractivity (Wildman–Crippen MR) is 93.0 cm³/mol. The maximum absolute atomic E-state index is 11.0. The van der Waals surface area contributed by atoms with E-state index < -0.39 is 11.4 Å². The Kier molecular flexibility index (Phi) is 9.99. The Morgan fingerprint density at radius 1 is 0.818 bits per heavy atom. The van der Waals surface area contributed by atoms with Crippen LogP contribution in [0.1, 0.15) is 98.8 Å². The molecule has 1 unspecified atom stereocenters. The SMILES string of the molecule is CC(C)(C)CCCCCC(O)CCCCCC(C)(C)C(=O)O. The van der Waals surface area contributed by atoms with Crippen LogP contribution >= 0.6 is 0 Å². The van der Waals surface area contributed by atoms with Crippen LogP contribution in [0, 0.1) is 10.8 Å². The highest BCUT2D eigenvalue weighted by Crippen LogP contribution is 2.25. The summed E-state index contributed by atoms with van der Waals surface area (Å²) in [5.74, 6) is -0.720. The van der Waals surface area contributed by atoms with Crippen molar-refractivity contribution in [1.29, 1.82) is 0 Å². The van der Waals surface area contributed by atoms with Gasteiger partial charge in [0.2, 0.25) is 0 Å². The lowest BCUT2D eigenvalue weighted by Crippen LogP contribution is -2.23. The van der Waals surface area contributed by atoms with Crippen molar-refractivity contribution in [3.05, 3.63) is 0 Å². The molecule has 3 nitrogen and oxygen atoms in total. The molecule has 0 aromatic carbocycles. The van der Waals surface area contributed by atoms with Gasteiger partial charge < -0.3 is 10.2 Å². The van der Waals surface area contributed by atoms with E-state index in [0.29, 0.717) is 11.8 Å². The molecule has 0 heterocycles. The third-order valence-electron chi connectivity index (χ3n) is 4.38. The van der Waals surface area contributed by atoms with Crippen molar-refractivity contribution in [2.75, 3.05) is 0 Å². The molecule has 0 aliphatic rings. The number of aliphatic hydroxyl groups is 1. The molecule has 132 valence electrons. The van der Waals surface area contributed by atoms with Gasteiger partial charge in [-0.05, 0) is 44.9 Å². The van der Waals surface area contributed by atoms with Gasteiger partial charge >= 0.3 is 5.97 Å². The molecule has 22 heavy (non-hydrogen) atoms. The molecule has 3 heteroatoms. The summed E-state index contributed by atoms with van der Waals surface area (Å²) < 4.78 is 0. The zero-order valence-electron chi connectivity index (χ0n) is 15.5. The molecule has 0 aliphatic carbocycles. The molecule has 0 bridgehead atoms. The van der Waals surface area contributed by atoms with Crippen LogP contribution in [-0.4, -0.2) is 22.3 Å². The topological polar surface area (TPSA) is 57.5 Å². The molecule has 0 aromatic heterocycles. The number of carboxylic acids is 1. The van der Waals surface area contributed by atoms with Crippen molar-refractivity contribution in [2.45, 2.75) is 105 Å². The first kappa shape index (κ1) is 21.4. The van der Waals surface area contributed by atoms with E-state index >= 15 is 0 Å². The minimum absolute atomic E-state index is 0.179. The molecular formula is C19H38O3. The third kappa shape index (κ3) is 12.0. The lowest BCUT2D eigenvalue weighted by Gasteiger charge is -2.19. The van der Waals surface area contributed by atoms with E-state index in [1.165, 1.54) is 19.3 Å². The second-order valence-electron chi connectivity index (χ2n) is 8.60. The van der Waals surface area contributed by atoms with Gasteiger partial charge in [-0.15, -0.1) is 0 Å². The van der Waals surface area contributed by atoms with Crippen LogP contribution in [-0.2, 0) is 4.79 Å². The minimum atomic E-state index is -0.720. The monoisotopic (exact) mass is 314 g/mol. The van der Waals surface area contributed by atoms with Gasteiger partial charge in [-0.2, -0.15) is 0 Å². The molecule has 0 rings (SSSR count). The van der Waals surface area contributed by atoms with Gasteiger partial charge in [-0.1, -0.05) is 59.3 Å². The number of rotatable bonds is 12. The van der Waals surface area contributed by atoms with E-state index in [9.17, 15) is 9.90 Å². The molecule has 0 radical (unpaired) electrons. The van der Waals surface area contributed by atoms with Crippen molar-refractivity contribution in [3.8, 4) is 0 Å². The number of aliphatic carboxylic acids is 1. The van der Waals surface area contributed by atoms with Crippen molar-refractivity contribution < 1.29 is 15.0 Å². The standard InChI is InChI=1S/C19H38O3/c1-18(2,3)14-10-6-8-12-16(20)13-9-7-11-15-19(4,5)17(21)22/h16,20H,6-15H2,1-5H3,(H,21,22). The van der Waals surface area contributed by atoms with Gasteiger partial charge in [0.15, 0.2) is 0 Å². The van der Waals surface area contributed by atoms with E-state index in [2.05, 4.69) is 20.8 Å². The van der Waals surface area contributed by atoms with Gasteiger partial charge in [0.05, 0.1) is 11.5 Å². The van der Waals surface area contributed by atoms with Crippen LogP contribution in [0.25, 0.3) is 0 Å². The van der Waals surface area contributed by atoms with Crippen molar-refractivity contribution >= 4 is 5.97 Å². The van der Waals surface area contributed by atoms with Crippen molar-refractivity contribution in [1.82, 2.24) is 0 Å². The Morgan fingerprint density at radius 2 is 1.27 bits per heavy atom. The van der Waals surface area contributed by atoms with Crippen molar-refractivity contribution in [2.24, 2.45) is 10.8 Å². The van der Waals surface area contributed by atoms with Crippen LogP contribution in [0.5, 0.6) is 0 Å². The van der Waals surface area contributed by atoms with E-state index in [0.717, 1.165) is 38.5 Å². The van der Waals surface area contributed by atoms with Gasteiger partial charge in [0.25, 0.3) is 0 Å². The molecule has 2 N–H and O–H groups in total. The average molecular weight is 315 g/mol. The van der Waals surface area contributed by atoms with Crippen LogP contribution in [0.15, 0.2) is 0 Å². The highest BCUT2D eigenvalue weighted by atomic mass is 16.4. The summed E-state index contributed by atoms with van der Waals surface area (Å²) in [7, 11) is 0. The first-order valence-corrected chi connectivity index (χ1v) is 8.96. The van der Waals surface area contributed by atoms with Gasteiger partial charge in [-0.3, -0.25) is 4.79 Å². The van der Waals surface area contributed by atoms with E-state index in [1.54, 1.807) is 13.8 Å². The maximum atomic E-state index is 11.0. The fourth-order valence-corrected chi connectivity index (χ4v) is 2.59. The Morgan fingerprint density at radius 3 is 1.68 bits per heavy atom. The summed E-state index contributed by atoms with van der Waals surface area (Å²) in [4.78, 5) is 11.0. The highest BCUT2D eigenvalue weighted by molar-refractivity contribution is 5.73. The summed E-state index contributed by atoms with van der Waals surface area (Å²) in [5.41, 5.74) is -0.200. The quantitative estimate of drug-likeness (QED) is 0.474. The summed E-state index contributed by atoms with van der Waals surface area (Å²) >= 11 is 0. The molecule has 1 atom stereocenters. The van der Waals surface area contributed by atoms with Crippen LogP contribution in [0.3, 0.4) is 0 Å². The van der Waals surface area contributed by atoms with Gasteiger partial charge in [0.1, 0.15) is 0 Å². The Bertz CT molecular complexity index is 302. The first-order chi connectivity index (χ1) is 10.0. The number of carboxylic acid groups (broad SMARTS) is 1. The normalized spacial score (nSPS) is 14.1. The fraction of sp³-hybridized carbons (Fsp3) is 0.947. The van der Waals surface area contributed by atoms with Gasteiger partial charge in [0, 0.05) is 0 Å². The zero-order valence-corrected chi connectivity index (χ0v) is 15.5. The fourth-order valence-electron chi connectivity index (χ4n) is 2.59. The molecule has 0 aromatic rings. The zero-order chi connectivity index (χ0) is 17.2. The maximum Gasteiger partial charge on any atom is 0.309 e. The number of hydrogen-bond acceptors (Lipinski definition) is 2. The van der Waals surface area contributed by atoms with Crippen LogP contribution in [0.4, 0.5) is 0 Å². The Hall–Kier alpha value is -0.570. The Balaban J connectivity index is 3.51. The minimum Gasteiger partial charge on any atom is -0.481 e. The van der Waals surface area contributed by atoms with E-state index in [1.807, 2.05) is 0 Å². The number of carbonyl (C=O) groups is 1. The predicted octanol–water partition coefficient (Wildman–Crippen LogP) is 5.41. The summed E-state index contributed by atoms with van der Waals surface area (Å²) in [6, 6.07) is 0. The summed E-state index contributed by atoms with van der Waals surface area (Å²) in [6.45, 7) is 10.4. The number of hydrogen-bond donors (Lipinski definition) is 2. The second-order valence-corrected chi connectivity index (χ2v) is 8.60. The third-order valence-corrected chi connectivity index (χ3v) is 4.38.